The second-order valence-electron chi connectivity index (χ2n) is 11.0. The van der Waals surface area contributed by atoms with Crippen molar-refractivity contribution < 1.29 is 27.4 Å². The first-order chi connectivity index (χ1) is 18.2. The van der Waals surface area contributed by atoms with E-state index in [0.717, 1.165) is 0 Å². The van der Waals surface area contributed by atoms with Gasteiger partial charge in [-0.3, -0.25) is 17.7 Å². The first-order valence-corrected chi connectivity index (χ1v) is 14.1. The average Bonchev–Trinajstić information content (AvgIpc) is 3.44. The maximum Gasteiger partial charge on any atom is 0.410 e. The summed E-state index contributed by atoms with van der Waals surface area (Å²) in [6, 6.07) is 10.7. The first kappa shape index (κ1) is 27.2. The number of fused-ring (bicyclic) bond motifs is 1. The van der Waals surface area contributed by atoms with E-state index < -0.39 is 28.4 Å². The Bertz CT molecular complexity index is 1340. The van der Waals surface area contributed by atoms with Crippen LogP contribution in [0.25, 0.3) is 11.3 Å². The summed E-state index contributed by atoms with van der Waals surface area (Å²) in [5, 5.41) is 9.77. The van der Waals surface area contributed by atoms with Gasteiger partial charge in [-0.25, -0.2) is 18.6 Å². The Morgan fingerprint density at radius 3 is 2.44 bits per heavy atom. The van der Waals surface area contributed by atoms with Crippen LogP contribution >= 0.6 is 11.0 Å². The number of alkyl halides is 2. The summed E-state index contributed by atoms with van der Waals surface area (Å²) in [6.07, 6.45) is -0.631. The molecule has 1 saturated carbocycles. The minimum absolute atomic E-state index is 0.168. The van der Waals surface area contributed by atoms with Crippen LogP contribution in [0.2, 0.25) is 0 Å². The Balaban J connectivity index is 1.38. The highest BCUT2D eigenvalue weighted by atomic mass is 32.3. The van der Waals surface area contributed by atoms with Gasteiger partial charge in [-0.05, 0) is 56.0 Å². The highest BCUT2D eigenvalue weighted by Gasteiger charge is 2.59. The first-order valence-electron chi connectivity index (χ1n) is 12.7. The van der Waals surface area contributed by atoms with E-state index in [-0.39, 0.29) is 19.1 Å². The highest BCUT2D eigenvalue weighted by molar-refractivity contribution is 8.26. The number of ether oxygens (including phenoxy) is 1. The number of amides is 1. The molecule has 5 rings (SSSR count). The zero-order chi connectivity index (χ0) is 28.3. The second-order valence-corrected chi connectivity index (χ2v) is 13.0. The predicted molar refractivity (Wildman–Crippen MR) is 146 cm³/mol. The van der Waals surface area contributed by atoms with Crippen molar-refractivity contribution in [2.75, 3.05) is 53.3 Å². The van der Waals surface area contributed by atoms with Gasteiger partial charge in [-0.2, -0.15) is 5.26 Å². The maximum absolute atomic E-state index is 13.6. The lowest BCUT2D eigenvalue weighted by molar-refractivity contribution is 0.0240. The van der Waals surface area contributed by atoms with Crippen molar-refractivity contribution in [2.24, 2.45) is 5.92 Å². The molecule has 2 fully saturated rings. The minimum atomic E-state index is -3.50. The molecule has 3 heterocycles. The number of hydrogen-bond acceptors (Lipinski definition) is 9. The van der Waals surface area contributed by atoms with Crippen molar-refractivity contribution in [1.82, 2.24) is 9.88 Å². The topological polar surface area (TPSA) is 116 Å². The molecule has 3 aliphatic rings. The number of rotatable bonds is 4. The smallest absolute Gasteiger partial charge is 0.410 e. The number of benzene rings is 1. The third kappa shape index (κ3) is 5.16. The average molecular weight is 563 g/mol. The zero-order valence-corrected chi connectivity index (χ0v) is 23.1. The Morgan fingerprint density at radius 1 is 1.18 bits per heavy atom. The Hall–Kier alpha value is -3.34. The van der Waals surface area contributed by atoms with Crippen molar-refractivity contribution in [2.45, 2.75) is 38.7 Å². The van der Waals surface area contributed by atoms with Gasteiger partial charge in [0.25, 0.3) is 5.92 Å². The standard InChI is InChI=1S/C26H32F2N6O4S/c1-25(2,3)38-24(35)33-11-9-32(10-12-33)22-8-6-18(15-29)23(30-22)17-5-7-20-21(13-17)31(4)39(36,37)34(20)16-19-14-26(19,27)28/h5-8,13,19,36-37H,9-12,14,16H2,1-4H3. The summed E-state index contributed by atoms with van der Waals surface area (Å²) in [6.45, 7) is 7.30. The van der Waals surface area contributed by atoms with Crippen LogP contribution in [-0.4, -0.2) is 76.4 Å². The van der Waals surface area contributed by atoms with E-state index in [1.807, 2.05) is 25.7 Å². The molecular weight excluding hydrogens is 530 g/mol. The quantitative estimate of drug-likeness (QED) is 0.521. The van der Waals surface area contributed by atoms with Crippen molar-refractivity contribution in [1.29, 1.82) is 5.26 Å². The number of aromatic nitrogens is 1. The van der Waals surface area contributed by atoms with E-state index in [0.29, 0.717) is 60.2 Å². The second kappa shape index (κ2) is 9.39. The van der Waals surface area contributed by atoms with Gasteiger partial charge in [-0.1, -0.05) is 6.07 Å². The van der Waals surface area contributed by atoms with Crippen molar-refractivity contribution in [3.63, 3.8) is 0 Å². The molecule has 1 amide bonds. The van der Waals surface area contributed by atoms with Crippen LogP contribution in [0.15, 0.2) is 30.3 Å². The number of piperazine rings is 1. The van der Waals surface area contributed by atoms with E-state index in [1.54, 1.807) is 35.2 Å². The number of anilines is 3. The third-order valence-electron chi connectivity index (χ3n) is 7.12. The Labute approximate surface area is 228 Å². The zero-order valence-electron chi connectivity index (χ0n) is 22.3. The molecule has 2 N–H and O–H groups in total. The van der Waals surface area contributed by atoms with E-state index in [1.165, 1.54) is 15.7 Å². The summed E-state index contributed by atoms with van der Waals surface area (Å²) >= 11 is 0. The maximum atomic E-state index is 13.6. The van der Waals surface area contributed by atoms with E-state index >= 15 is 0 Å². The number of nitriles is 1. The van der Waals surface area contributed by atoms with Gasteiger partial charge in [0.15, 0.2) is 0 Å². The molecule has 1 atom stereocenters. The number of carbonyl (C=O) groups is 1. The number of nitrogens with zero attached hydrogens (tertiary/aromatic N) is 6. The monoisotopic (exact) mass is 562 g/mol. The molecule has 1 aromatic carbocycles. The van der Waals surface area contributed by atoms with Crippen LogP contribution in [0.1, 0.15) is 32.8 Å². The van der Waals surface area contributed by atoms with Gasteiger partial charge in [0.05, 0.1) is 22.6 Å². The summed E-state index contributed by atoms with van der Waals surface area (Å²) in [5.74, 6) is -3.08. The Kier molecular flexibility index (Phi) is 6.56. The predicted octanol–water partition coefficient (Wildman–Crippen LogP) is 5.17. The Morgan fingerprint density at radius 2 is 1.85 bits per heavy atom. The third-order valence-corrected chi connectivity index (χ3v) is 8.99. The fraction of sp³-hybridized carbons (Fsp3) is 0.500. The fourth-order valence-corrected chi connectivity index (χ4v) is 6.30. The number of hydrogen-bond donors (Lipinski definition) is 2. The van der Waals surface area contributed by atoms with Crippen molar-refractivity contribution in [3.8, 4) is 17.3 Å². The molecule has 10 nitrogen and oxygen atoms in total. The van der Waals surface area contributed by atoms with E-state index in [4.69, 9.17) is 9.72 Å². The lowest BCUT2D eigenvalue weighted by Gasteiger charge is -2.42. The molecule has 0 spiro atoms. The highest BCUT2D eigenvalue weighted by Crippen LogP contribution is 2.63. The van der Waals surface area contributed by atoms with Gasteiger partial charge in [0.1, 0.15) is 17.5 Å². The largest absolute Gasteiger partial charge is 0.444 e. The van der Waals surface area contributed by atoms with E-state index in [9.17, 15) is 27.9 Å². The van der Waals surface area contributed by atoms with Gasteiger partial charge >= 0.3 is 6.09 Å². The molecule has 210 valence electrons. The molecule has 13 heteroatoms. The molecule has 1 saturated heterocycles. The lowest BCUT2D eigenvalue weighted by atomic mass is 10.0. The van der Waals surface area contributed by atoms with Crippen LogP contribution in [0.4, 0.5) is 30.8 Å². The summed E-state index contributed by atoms with van der Waals surface area (Å²) in [7, 11) is -1.99. The molecule has 1 aliphatic carbocycles. The van der Waals surface area contributed by atoms with Crippen LogP contribution in [0, 0.1) is 17.2 Å². The normalized spacial score (nSPS) is 22.3. The van der Waals surface area contributed by atoms with Gasteiger partial charge < -0.3 is 14.5 Å². The molecule has 39 heavy (non-hydrogen) atoms. The minimum Gasteiger partial charge on any atom is -0.444 e. The molecule has 0 bridgehead atoms. The lowest BCUT2D eigenvalue weighted by Crippen LogP contribution is -2.50. The van der Waals surface area contributed by atoms with Crippen molar-refractivity contribution in [3.05, 3.63) is 35.9 Å². The number of carbonyl (C=O) groups excluding carboxylic acids is 1. The molecule has 1 aromatic heterocycles. The number of pyridine rings is 1. The van der Waals surface area contributed by atoms with E-state index in [2.05, 4.69) is 6.07 Å². The van der Waals surface area contributed by atoms with Gasteiger partial charge in [-0.15, -0.1) is 0 Å². The molecule has 0 radical (unpaired) electrons. The fourth-order valence-electron chi connectivity index (χ4n) is 4.79. The van der Waals surface area contributed by atoms with Crippen LogP contribution in [0.5, 0.6) is 0 Å². The van der Waals surface area contributed by atoms with Crippen LogP contribution in [0.3, 0.4) is 0 Å². The molecular formula is C26H32F2N6O4S. The summed E-state index contributed by atoms with van der Waals surface area (Å²) in [4.78, 5) is 20.9. The van der Waals surface area contributed by atoms with Crippen LogP contribution < -0.4 is 13.5 Å². The van der Waals surface area contributed by atoms with Crippen molar-refractivity contribution >= 4 is 34.2 Å². The molecule has 1 unspecified atom stereocenters. The molecule has 2 aromatic rings. The summed E-state index contributed by atoms with van der Waals surface area (Å²) < 4.78 is 56.8. The van der Waals surface area contributed by atoms with Gasteiger partial charge in [0.2, 0.25) is 0 Å². The summed E-state index contributed by atoms with van der Waals surface area (Å²) in [5.41, 5.74) is 1.67. The van der Waals surface area contributed by atoms with Crippen LogP contribution in [-0.2, 0) is 4.74 Å². The SMILES string of the molecule is CN1c2cc(-c3nc(N4CCN(C(=O)OC(C)(C)C)CC4)ccc3C#N)ccc2N(CC2CC2(F)F)S1(O)O. The van der Waals surface area contributed by atoms with Gasteiger partial charge in [0, 0.05) is 57.7 Å². The molecule has 2 aliphatic heterocycles. The number of halogens is 2.